The molecule has 14 N–H and O–H groups in total. The second-order valence-corrected chi connectivity index (χ2v) is 0.671. The first-order chi connectivity index (χ1) is 5.20. The van der Waals surface area contributed by atoms with Gasteiger partial charge in [-0.1, -0.05) is 0 Å². The molecule has 20 heavy (non-hydrogen) atoms. The molecule has 0 bridgehead atoms. The van der Waals surface area contributed by atoms with E-state index in [2.05, 4.69) is 0 Å². The number of hydrogen-bond donors (Lipinski definition) is 0. The summed E-state index contributed by atoms with van der Waals surface area (Å²) in [7, 11) is 0. The SMILES string of the molecule is O.O.O.O.O.O.O.O=[N+]([O-])[O-].O=[N+]([O-])[O-].O=[N+]([O-])[O-].[Ho+3]. The third kappa shape index (κ3) is 2000. The van der Waals surface area contributed by atoms with E-state index < -0.39 is 15.3 Å². The van der Waals surface area contributed by atoms with Crippen LogP contribution >= 0.6 is 0 Å². The van der Waals surface area contributed by atoms with Gasteiger partial charge in [0, 0.05) is 0 Å². The minimum Gasteiger partial charge on any atom is -0.412 e. The summed E-state index contributed by atoms with van der Waals surface area (Å²) in [6, 6.07) is 0. The standard InChI is InChI=1S/Ho.3NO3.7H2O/c;3*2-1(3)4;;;;;;;/h;;;;7*1H2/q+3;3*-1;;;;;;;. The van der Waals surface area contributed by atoms with E-state index in [9.17, 15) is 0 Å². The van der Waals surface area contributed by atoms with Gasteiger partial charge in [0.25, 0.3) is 0 Å². The molecule has 20 heteroatoms. The smallest absolute Gasteiger partial charge is 0.412 e. The molecule has 19 nitrogen and oxygen atoms in total. The quantitative estimate of drug-likeness (QED) is 0.181. The normalized spacial score (nSPS) is 3.60. The summed E-state index contributed by atoms with van der Waals surface area (Å²) in [6.07, 6.45) is 0. The van der Waals surface area contributed by atoms with Crippen LogP contribution in [0, 0.1) is 83.7 Å². The van der Waals surface area contributed by atoms with E-state index in [0.717, 1.165) is 0 Å². The first kappa shape index (κ1) is 99.9. The van der Waals surface area contributed by atoms with Gasteiger partial charge in [0.15, 0.2) is 0 Å². The minimum atomic E-state index is -1.75. The zero-order valence-corrected chi connectivity index (χ0v) is 10.8. The van der Waals surface area contributed by atoms with Gasteiger partial charge in [-0.05, 0) is 0 Å². The zero-order valence-electron chi connectivity index (χ0n) is 8.82. The topological polar surface area (TPSA) is 419 Å². The Morgan fingerprint density at radius 2 is 0.400 bits per heavy atom. The van der Waals surface area contributed by atoms with E-state index >= 15 is 0 Å². The maximum Gasteiger partial charge on any atom is 3.00 e. The Labute approximate surface area is 137 Å². The van der Waals surface area contributed by atoms with Crippen LogP contribution in [0.4, 0.5) is 0 Å². The Morgan fingerprint density at radius 3 is 0.400 bits per heavy atom. The molecule has 0 unspecified atom stereocenters. The van der Waals surface area contributed by atoms with Crippen LogP contribution in [0.5, 0.6) is 0 Å². The first-order valence-electron chi connectivity index (χ1n) is 1.64. The Hall–Kier alpha value is -1.42. The molecule has 0 aliphatic rings. The van der Waals surface area contributed by atoms with Crippen molar-refractivity contribution in [2.24, 2.45) is 0 Å². The Kier molecular flexibility index (Phi) is 420. The van der Waals surface area contributed by atoms with Gasteiger partial charge in [-0.2, -0.15) is 0 Å². The van der Waals surface area contributed by atoms with E-state index in [1.807, 2.05) is 0 Å². The minimum absolute atomic E-state index is 0. The maximum absolute atomic E-state index is 8.25. The van der Waals surface area contributed by atoms with Crippen molar-refractivity contribution in [2.75, 3.05) is 0 Å². The van der Waals surface area contributed by atoms with Gasteiger partial charge < -0.3 is 84.3 Å². The summed E-state index contributed by atoms with van der Waals surface area (Å²) in [5.41, 5.74) is 0. The van der Waals surface area contributed by atoms with Crippen LogP contribution in [0.3, 0.4) is 0 Å². The fraction of sp³-hybridized carbons (Fsp3) is 0. The maximum atomic E-state index is 8.25. The van der Waals surface area contributed by atoms with E-state index in [1.54, 1.807) is 0 Å². The first-order valence-corrected chi connectivity index (χ1v) is 1.64. The molecule has 0 aromatic rings. The van der Waals surface area contributed by atoms with Crippen LogP contribution in [-0.4, -0.2) is 53.6 Å². The predicted molar refractivity (Wildman–Crippen MR) is 56.4 cm³/mol. The fourth-order valence-electron chi connectivity index (χ4n) is 0. The molecule has 0 amide bonds. The molecular formula is H14HoN3O16. The van der Waals surface area contributed by atoms with E-state index in [0.29, 0.717) is 0 Å². The molecule has 136 valence electrons. The van der Waals surface area contributed by atoms with Crippen LogP contribution in [0.15, 0.2) is 0 Å². The average Bonchev–Trinajstić information content (AvgIpc) is 1.54. The van der Waals surface area contributed by atoms with Crippen molar-refractivity contribution in [3.63, 3.8) is 0 Å². The fourth-order valence-corrected chi connectivity index (χ4v) is 0. The molecule has 0 saturated carbocycles. The third-order valence-electron chi connectivity index (χ3n) is 0. The van der Waals surface area contributed by atoms with E-state index in [-0.39, 0.29) is 76.1 Å². The van der Waals surface area contributed by atoms with Crippen LogP contribution in [-0.2, 0) is 0 Å². The van der Waals surface area contributed by atoms with E-state index in [4.69, 9.17) is 46.0 Å². The van der Waals surface area contributed by atoms with Crippen molar-refractivity contribution in [1.82, 2.24) is 0 Å². The van der Waals surface area contributed by atoms with Crippen molar-refractivity contribution in [3.05, 3.63) is 46.0 Å². The predicted octanol–water partition coefficient (Wildman–Crippen LogP) is -6.49. The summed E-state index contributed by atoms with van der Waals surface area (Å²) in [5, 5.41) is 44.2. The van der Waals surface area contributed by atoms with Crippen molar-refractivity contribution >= 4 is 0 Å². The van der Waals surface area contributed by atoms with Gasteiger partial charge in [-0.15, -0.1) is 0 Å². The third-order valence-corrected chi connectivity index (χ3v) is 0. The monoisotopic (exact) mass is 477 g/mol. The summed E-state index contributed by atoms with van der Waals surface area (Å²) in [4.78, 5) is 24.8. The van der Waals surface area contributed by atoms with Crippen molar-refractivity contribution in [2.45, 2.75) is 0 Å². The largest absolute Gasteiger partial charge is 3.00 e. The average molecular weight is 477 g/mol. The van der Waals surface area contributed by atoms with Crippen molar-refractivity contribution < 1.29 is 91.3 Å². The van der Waals surface area contributed by atoms with Gasteiger partial charge >= 0.3 is 37.7 Å². The Morgan fingerprint density at radius 1 is 0.400 bits per heavy atom. The number of rotatable bonds is 0. The van der Waals surface area contributed by atoms with Crippen molar-refractivity contribution in [3.8, 4) is 0 Å². The Bertz CT molecular complexity index is 115. The molecule has 0 atom stereocenters. The molecule has 0 aromatic carbocycles. The van der Waals surface area contributed by atoms with E-state index in [1.165, 1.54) is 0 Å². The van der Waals surface area contributed by atoms with Crippen molar-refractivity contribution in [1.29, 1.82) is 0 Å². The van der Waals surface area contributed by atoms with Gasteiger partial charge in [0.2, 0.25) is 0 Å². The molecule has 0 rings (SSSR count). The summed E-state index contributed by atoms with van der Waals surface area (Å²) in [6.45, 7) is 0. The molecule has 0 aliphatic carbocycles. The van der Waals surface area contributed by atoms with Gasteiger partial charge in [0.05, 0.1) is 15.3 Å². The molecular weight excluding hydrogens is 463 g/mol. The number of nitrogens with zero attached hydrogens (tertiary/aromatic N) is 3. The Balaban J connectivity index is -0.00000000562. The van der Waals surface area contributed by atoms with Gasteiger partial charge in [0.1, 0.15) is 0 Å². The van der Waals surface area contributed by atoms with Gasteiger partial charge in [-0.3, -0.25) is 0 Å². The second kappa shape index (κ2) is 84.1. The zero-order chi connectivity index (χ0) is 10.7. The summed E-state index contributed by atoms with van der Waals surface area (Å²) in [5.74, 6) is 0. The van der Waals surface area contributed by atoms with Crippen LogP contribution in [0.25, 0.3) is 0 Å². The molecule has 0 heterocycles. The second-order valence-electron chi connectivity index (χ2n) is 0.671. The molecule has 0 spiro atoms. The van der Waals surface area contributed by atoms with Crippen LogP contribution in [0.2, 0.25) is 0 Å². The molecule has 0 aromatic heterocycles. The molecule has 0 saturated heterocycles. The summed E-state index contributed by atoms with van der Waals surface area (Å²) < 4.78 is 0. The molecule has 0 aliphatic heterocycles. The number of hydrogen-bond acceptors (Lipinski definition) is 9. The molecule has 0 radical (unpaired) electrons. The molecule has 0 fully saturated rings. The van der Waals surface area contributed by atoms with Crippen LogP contribution in [0.1, 0.15) is 0 Å². The van der Waals surface area contributed by atoms with Gasteiger partial charge in [-0.25, -0.2) is 0 Å². The summed E-state index contributed by atoms with van der Waals surface area (Å²) >= 11 is 0. The van der Waals surface area contributed by atoms with Crippen LogP contribution < -0.4 is 0 Å².